The van der Waals surface area contributed by atoms with E-state index in [4.69, 9.17) is 14.2 Å². The molecular weight excluding hydrogens is 402 g/mol. The minimum Gasteiger partial charge on any atom is -0.497 e. The number of aromatic nitrogens is 2. The maximum absolute atomic E-state index is 12.8. The molecule has 4 rings (SSSR count). The molecule has 1 aliphatic heterocycles. The van der Waals surface area contributed by atoms with Gasteiger partial charge in [0.2, 0.25) is 5.91 Å². The number of rotatable bonds is 6. The maximum Gasteiger partial charge on any atom is 0.227 e. The standard InChI is InChI=1S/C26H31N3O3/c1-17-13-21(14-20-5-7-23(31-4)8-6-20)15-25(27-17)22-9-11-29(12-10-22)26(30)16-24-18(2)28-32-19(24)3/h5-8,13,15,22H,9-12,14,16H2,1-4H3. The highest BCUT2D eigenvalue weighted by atomic mass is 16.5. The molecule has 6 heteroatoms. The number of benzene rings is 1. The fourth-order valence-electron chi connectivity index (χ4n) is 4.50. The molecule has 0 saturated carbocycles. The molecule has 0 atom stereocenters. The molecule has 3 heterocycles. The minimum absolute atomic E-state index is 0.148. The Morgan fingerprint density at radius 1 is 1.09 bits per heavy atom. The number of piperidine rings is 1. The van der Waals surface area contributed by atoms with Gasteiger partial charge in [-0.25, -0.2) is 0 Å². The average Bonchev–Trinajstić information content (AvgIpc) is 3.11. The summed E-state index contributed by atoms with van der Waals surface area (Å²) >= 11 is 0. The quantitative estimate of drug-likeness (QED) is 0.571. The molecular formula is C26H31N3O3. The van der Waals surface area contributed by atoms with E-state index < -0.39 is 0 Å². The van der Waals surface area contributed by atoms with Gasteiger partial charge in [-0.2, -0.15) is 0 Å². The summed E-state index contributed by atoms with van der Waals surface area (Å²) in [6.07, 6.45) is 3.10. The van der Waals surface area contributed by atoms with Crippen LogP contribution in [0.15, 0.2) is 40.9 Å². The van der Waals surface area contributed by atoms with Crippen LogP contribution < -0.4 is 4.74 Å². The lowest BCUT2D eigenvalue weighted by atomic mass is 9.91. The number of ether oxygens (including phenoxy) is 1. The van der Waals surface area contributed by atoms with Gasteiger partial charge in [-0.15, -0.1) is 0 Å². The van der Waals surface area contributed by atoms with Crippen LogP contribution in [0.4, 0.5) is 0 Å². The zero-order valence-corrected chi connectivity index (χ0v) is 19.4. The first kappa shape index (κ1) is 22.1. The molecule has 0 bridgehead atoms. The van der Waals surface area contributed by atoms with E-state index in [2.05, 4.69) is 36.3 Å². The molecule has 0 N–H and O–H groups in total. The SMILES string of the molecule is COc1ccc(Cc2cc(C)nc(C3CCN(C(=O)Cc4c(C)noc4C)CC3)c2)cc1. The van der Waals surface area contributed by atoms with Gasteiger partial charge in [-0.1, -0.05) is 17.3 Å². The van der Waals surface area contributed by atoms with Crippen LogP contribution in [-0.2, 0) is 17.6 Å². The number of nitrogens with zero attached hydrogens (tertiary/aromatic N) is 3. The van der Waals surface area contributed by atoms with Gasteiger partial charge >= 0.3 is 0 Å². The predicted octanol–water partition coefficient (Wildman–Crippen LogP) is 4.54. The molecule has 0 spiro atoms. The zero-order chi connectivity index (χ0) is 22.7. The Balaban J connectivity index is 1.39. The summed E-state index contributed by atoms with van der Waals surface area (Å²) in [7, 11) is 1.68. The van der Waals surface area contributed by atoms with Crippen molar-refractivity contribution in [3.05, 3.63) is 75.9 Å². The molecule has 6 nitrogen and oxygen atoms in total. The van der Waals surface area contributed by atoms with E-state index in [9.17, 15) is 4.79 Å². The smallest absolute Gasteiger partial charge is 0.227 e. The first-order valence-electron chi connectivity index (χ1n) is 11.2. The highest BCUT2D eigenvalue weighted by Crippen LogP contribution is 2.29. The Hall–Kier alpha value is -3.15. The second-order valence-corrected chi connectivity index (χ2v) is 8.70. The molecule has 168 valence electrons. The van der Waals surface area contributed by atoms with Gasteiger partial charge in [0.1, 0.15) is 11.5 Å². The van der Waals surface area contributed by atoms with Crippen LogP contribution in [0.25, 0.3) is 0 Å². The molecule has 3 aromatic rings. The van der Waals surface area contributed by atoms with Crippen LogP contribution in [0.5, 0.6) is 5.75 Å². The lowest BCUT2D eigenvalue weighted by Crippen LogP contribution is -2.39. The van der Waals surface area contributed by atoms with Crippen LogP contribution in [-0.4, -0.2) is 41.1 Å². The Morgan fingerprint density at radius 2 is 1.81 bits per heavy atom. The summed E-state index contributed by atoms with van der Waals surface area (Å²) in [5, 5.41) is 3.96. The summed E-state index contributed by atoms with van der Waals surface area (Å²) in [6.45, 7) is 7.33. The highest BCUT2D eigenvalue weighted by Gasteiger charge is 2.26. The summed E-state index contributed by atoms with van der Waals surface area (Å²) in [4.78, 5) is 19.6. The van der Waals surface area contributed by atoms with Crippen LogP contribution in [0, 0.1) is 20.8 Å². The van der Waals surface area contributed by atoms with Crippen molar-refractivity contribution in [2.75, 3.05) is 20.2 Å². The number of likely N-dealkylation sites (tertiary alicyclic amines) is 1. The van der Waals surface area contributed by atoms with Crippen molar-refractivity contribution in [2.24, 2.45) is 0 Å². The third-order valence-electron chi connectivity index (χ3n) is 6.38. The summed E-state index contributed by atoms with van der Waals surface area (Å²) in [6, 6.07) is 12.6. The number of pyridine rings is 1. The summed E-state index contributed by atoms with van der Waals surface area (Å²) in [5.41, 5.74) is 6.44. The predicted molar refractivity (Wildman–Crippen MR) is 123 cm³/mol. The third-order valence-corrected chi connectivity index (χ3v) is 6.38. The van der Waals surface area contributed by atoms with Crippen molar-refractivity contribution < 1.29 is 14.1 Å². The molecule has 1 saturated heterocycles. The number of carbonyl (C=O) groups excluding carboxylic acids is 1. The van der Waals surface area contributed by atoms with E-state index >= 15 is 0 Å². The molecule has 1 fully saturated rings. The molecule has 1 aliphatic rings. The maximum atomic E-state index is 12.8. The molecule has 1 amide bonds. The van der Waals surface area contributed by atoms with Gasteiger partial charge in [0.05, 0.1) is 19.2 Å². The van der Waals surface area contributed by atoms with Crippen molar-refractivity contribution in [2.45, 2.75) is 52.4 Å². The second kappa shape index (κ2) is 9.55. The van der Waals surface area contributed by atoms with Crippen molar-refractivity contribution in [1.29, 1.82) is 0 Å². The van der Waals surface area contributed by atoms with Crippen LogP contribution in [0.3, 0.4) is 0 Å². The van der Waals surface area contributed by atoms with Gasteiger partial charge in [0, 0.05) is 36.0 Å². The molecule has 1 aromatic carbocycles. The average molecular weight is 434 g/mol. The Morgan fingerprint density at radius 3 is 2.44 bits per heavy atom. The Kier molecular flexibility index (Phi) is 6.58. The van der Waals surface area contributed by atoms with E-state index in [1.807, 2.05) is 30.9 Å². The number of carbonyl (C=O) groups is 1. The number of methoxy groups -OCH3 is 1. The highest BCUT2D eigenvalue weighted by molar-refractivity contribution is 5.79. The van der Waals surface area contributed by atoms with Gasteiger partial charge in [0.25, 0.3) is 0 Å². The Labute approximate surface area is 189 Å². The second-order valence-electron chi connectivity index (χ2n) is 8.70. The fraction of sp³-hybridized carbons (Fsp3) is 0.423. The van der Waals surface area contributed by atoms with Crippen molar-refractivity contribution in [1.82, 2.24) is 15.0 Å². The van der Waals surface area contributed by atoms with E-state index in [-0.39, 0.29) is 5.91 Å². The van der Waals surface area contributed by atoms with Crippen molar-refractivity contribution in [3.63, 3.8) is 0 Å². The van der Waals surface area contributed by atoms with Gasteiger partial charge < -0.3 is 14.2 Å². The first-order chi connectivity index (χ1) is 15.4. The van der Waals surface area contributed by atoms with Crippen molar-refractivity contribution in [3.8, 4) is 5.75 Å². The number of hydrogen-bond donors (Lipinski definition) is 0. The van der Waals surface area contributed by atoms with Gasteiger partial charge in [-0.3, -0.25) is 9.78 Å². The molecule has 0 radical (unpaired) electrons. The molecule has 0 aliphatic carbocycles. The Bertz CT molecular complexity index is 1060. The van der Waals surface area contributed by atoms with E-state index in [1.54, 1.807) is 7.11 Å². The largest absolute Gasteiger partial charge is 0.497 e. The molecule has 32 heavy (non-hydrogen) atoms. The fourth-order valence-corrected chi connectivity index (χ4v) is 4.50. The summed E-state index contributed by atoms with van der Waals surface area (Å²) < 4.78 is 10.5. The number of hydrogen-bond acceptors (Lipinski definition) is 5. The van der Waals surface area contributed by atoms with E-state index in [0.717, 1.165) is 66.5 Å². The number of aryl methyl sites for hydroxylation is 3. The van der Waals surface area contributed by atoms with Crippen molar-refractivity contribution >= 4 is 5.91 Å². The zero-order valence-electron chi connectivity index (χ0n) is 19.4. The van der Waals surface area contributed by atoms with Crippen LogP contribution in [0.2, 0.25) is 0 Å². The normalized spacial score (nSPS) is 14.6. The monoisotopic (exact) mass is 433 g/mol. The lowest BCUT2D eigenvalue weighted by molar-refractivity contribution is -0.131. The summed E-state index contributed by atoms with van der Waals surface area (Å²) in [5.74, 6) is 2.14. The topological polar surface area (TPSA) is 68.5 Å². The lowest BCUT2D eigenvalue weighted by Gasteiger charge is -2.32. The minimum atomic E-state index is 0.148. The van der Waals surface area contributed by atoms with Crippen LogP contribution >= 0.6 is 0 Å². The first-order valence-corrected chi connectivity index (χ1v) is 11.2. The molecule has 2 aromatic heterocycles. The van der Waals surface area contributed by atoms with E-state index in [1.165, 1.54) is 11.1 Å². The van der Waals surface area contributed by atoms with Gasteiger partial charge in [-0.05, 0) is 75.4 Å². The number of amides is 1. The third kappa shape index (κ3) is 5.01. The van der Waals surface area contributed by atoms with Gasteiger partial charge in [0.15, 0.2) is 0 Å². The van der Waals surface area contributed by atoms with E-state index in [0.29, 0.717) is 12.3 Å². The molecule has 0 unspecified atom stereocenters. The van der Waals surface area contributed by atoms with Crippen LogP contribution in [0.1, 0.15) is 58.3 Å².